The number of anilines is 1. The van der Waals surface area contributed by atoms with E-state index >= 15 is 0 Å². The highest BCUT2D eigenvalue weighted by molar-refractivity contribution is 7.89. The van der Waals surface area contributed by atoms with E-state index in [9.17, 15) is 13.2 Å². The van der Waals surface area contributed by atoms with Gasteiger partial charge in [0.15, 0.2) is 0 Å². The Morgan fingerprint density at radius 1 is 1.23 bits per heavy atom. The first kappa shape index (κ1) is 23.2. The van der Waals surface area contributed by atoms with Gasteiger partial charge in [0.05, 0.1) is 17.9 Å². The number of fused-ring (bicyclic) bond motifs is 1. The Morgan fingerprint density at radius 3 is 2.86 bits per heavy atom. The van der Waals surface area contributed by atoms with Gasteiger partial charge in [0, 0.05) is 30.5 Å². The zero-order valence-corrected chi connectivity index (χ0v) is 20.3. The van der Waals surface area contributed by atoms with E-state index in [0.29, 0.717) is 53.8 Å². The molecule has 10 nitrogen and oxygen atoms in total. The predicted octanol–water partition coefficient (Wildman–Crippen LogP) is 3.47. The van der Waals surface area contributed by atoms with Gasteiger partial charge in [0.25, 0.3) is 5.91 Å². The van der Waals surface area contributed by atoms with Crippen LogP contribution in [0, 0.1) is 6.92 Å². The van der Waals surface area contributed by atoms with Gasteiger partial charge in [-0.15, -0.1) is 0 Å². The molecular formula is C24H26N6O4S. The Hall–Kier alpha value is -3.57. The van der Waals surface area contributed by atoms with Gasteiger partial charge in [-0.1, -0.05) is 36.7 Å². The molecule has 0 saturated carbocycles. The van der Waals surface area contributed by atoms with Gasteiger partial charge in [-0.25, -0.2) is 17.7 Å². The van der Waals surface area contributed by atoms with Crippen LogP contribution in [0.1, 0.15) is 47.6 Å². The predicted molar refractivity (Wildman–Crippen MR) is 131 cm³/mol. The lowest BCUT2D eigenvalue weighted by molar-refractivity contribution is 0.102. The number of benzene rings is 1. The molecule has 0 aliphatic carbocycles. The fourth-order valence-electron chi connectivity index (χ4n) is 3.98. The third-order valence-corrected chi connectivity index (χ3v) is 8.07. The number of amides is 1. The molecule has 0 unspecified atom stereocenters. The molecule has 1 aliphatic heterocycles. The van der Waals surface area contributed by atoms with Crippen molar-refractivity contribution in [3.63, 3.8) is 0 Å². The number of imidazole rings is 1. The number of carbonyl (C=O) groups excluding carboxylic acids is 1. The number of sulfonamides is 1. The average molecular weight is 495 g/mol. The number of nitrogens with one attached hydrogen (secondary N) is 1. The van der Waals surface area contributed by atoms with Crippen molar-refractivity contribution in [2.24, 2.45) is 0 Å². The monoisotopic (exact) mass is 494 g/mol. The molecule has 0 bridgehead atoms. The number of aryl methyl sites for hydroxylation is 1. The molecule has 35 heavy (non-hydrogen) atoms. The SMILES string of the molecule is CCCCS(=O)(=O)N1CC(c2nc(-c3ccc(C)c(NC(=O)c4cnc5ccccn45)c3)no2)C1. The maximum absolute atomic E-state index is 12.9. The molecule has 1 saturated heterocycles. The molecule has 1 amide bonds. The van der Waals surface area contributed by atoms with Crippen molar-refractivity contribution < 1.29 is 17.7 Å². The van der Waals surface area contributed by atoms with E-state index < -0.39 is 10.0 Å². The number of hydrogen-bond donors (Lipinski definition) is 1. The topological polar surface area (TPSA) is 123 Å². The van der Waals surface area contributed by atoms with Gasteiger partial charge < -0.3 is 9.84 Å². The molecule has 4 aromatic rings. The lowest BCUT2D eigenvalue weighted by atomic mass is 10.0. The fourth-order valence-corrected chi connectivity index (χ4v) is 5.70. The Balaban J connectivity index is 1.30. The zero-order chi connectivity index (χ0) is 24.6. The van der Waals surface area contributed by atoms with Gasteiger partial charge in [0.2, 0.25) is 21.7 Å². The highest BCUT2D eigenvalue weighted by atomic mass is 32.2. The van der Waals surface area contributed by atoms with E-state index in [4.69, 9.17) is 4.52 Å². The van der Waals surface area contributed by atoms with Gasteiger partial charge >= 0.3 is 0 Å². The summed E-state index contributed by atoms with van der Waals surface area (Å²) in [6.45, 7) is 4.57. The molecule has 0 radical (unpaired) electrons. The molecule has 0 spiro atoms. The summed E-state index contributed by atoms with van der Waals surface area (Å²) >= 11 is 0. The molecule has 1 aromatic carbocycles. The van der Waals surface area contributed by atoms with E-state index in [1.807, 2.05) is 44.2 Å². The van der Waals surface area contributed by atoms with Gasteiger partial charge in [-0.05, 0) is 37.1 Å². The summed E-state index contributed by atoms with van der Waals surface area (Å²) in [6, 6.07) is 11.1. The number of pyridine rings is 1. The van der Waals surface area contributed by atoms with Crippen LogP contribution in [0.4, 0.5) is 5.69 Å². The minimum absolute atomic E-state index is 0.118. The molecule has 5 rings (SSSR count). The van der Waals surface area contributed by atoms with E-state index in [0.717, 1.165) is 12.0 Å². The van der Waals surface area contributed by atoms with Gasteiger partial charge in [-0.2, -0.15) is 4.98 Å². The van der Waals surface area contributed by atoms with Crippen molar-refractivity contribution in [2.75, 3.05) is 24.2 Å². The smallest absolute Gasteiger partial charge is 0.274 e. The maximum Gasteiger partial charge on any atom is 0.274 e. The number of rotatable bonds is 8. The lowest BCUT2D eigenvalue weighted by Crippen LogP contribution is -2.49. The van der Waals surface area contributed by atoms with Crippen LogP contribution >= 0.6 is 0 Å². The van der Waals surface area contributed by atoms with Crippen LogP contribution in [0.2, 0.25) is 0 Å². The zero-order valence-electron chi connectivity index (χ0n) is 19.5. The number of aromatic nitrogens is 4. The molecule has 1 aliphatic rings. The van der Waals surface area contributed by atoms with E-state index in [2.05, 4.69) is 20.4 Å². The standard InChI is InChI=1S/C24H26N6O4S/c1-3-4-11-35(32,33)29-14-18(15-29)24-27-22(28-34-24)17-9-8-16(2)19(12-17)26-23(31)20-13-25-21-7-5-6-10-30(20)21/h5-10,12-13,18H,3-4,11,14-15H2,1-2H3,(H,26,31). The second kappa shape index (κ2) is 9.23. The van der Waals surface area contributed by atoms with Crippen LogP contribution in [0.3, 0.4) is 0 Å². The van der Waals surface area contributed by atoms with Crippen molar-refractivity contribution in [1.29, 1.82) is 0 Å². The highest BCUT2D eigenvalue weighted by Crippen LogP contribution is 2.31. The first-order chi connectivity index (χ1) is 16.9. The number of hydrogen-bond acceptors (Lipinski definition) is 7. The van der Waals surface area contributed by atoms with Crippen LogP contribution < -0.4 is 5.32 Å². The van der Waals surface area contributed by atoms with E-state index in [1.165, 1.54) is 4.31 Å². The molecule has 1 N–H and O–H groups in total. The van der Waals surface area contributed by atoms with Crippen molar-refractivity contribution in [3.05, 3.63) is 65.9 Å². The number of carbonyl (C=O) groups is 1. The van der Waals surface area contributed by atoms with Crippen LogP contribution in [0.5, 0.6) is 0 Å². The van der Waals surface area contributed by atoms with Crippen molar-refractivity contribution >= 4 is 27.3 Å². The van der Waals surface area contributed by atoms with Crippen LogP contribution in [-0.4, -0.2) is 57.0 Å². The second-order valence-electron chi connectivity index (χ2n) is 8.70. The van der Waals surface area contributed by atoms with Crippen molar-refractivity contribution in [2.45, 2.75) is 32.6 Å². The molecular weight excluding hydrogens is 468 g/mol. The van der Waals surface area contributed by atoms with E-state index in [-0.39, 0.29) is 17.6 Å². The van der Waals surface area contributed by atoms with Crippen molar-refractivity contribution in [3.8, 4) is 11.4 Å². The highest BCUT2D eigenvalue weighted by Gasteiger charge is 2.39. The van der Waals surface area contributed by atoms with Gasteiger partial charge in [-0.3, -0.25) is 9.20 Å². The minimum atomic E-state index is -3.23. The largest absolute Gasteiger partial charge is 0.339 e. The van der Waals surface area contributed by atoms with Crippen LogP contribution in [0.15, 0.2) is 53.3 Å². The quantitative estimate of drug-likeness (QED) is 0.398. The third-order valence-electron chi connectivity index (χ3n) is 6.18. The van der Waals surface area contributed by atoms with E-state index in [1.54, 1.807) is 22.9 Å². The summed E-state index contributed by atoms with van der Waals surface area (Å²) in [4.78, 5) is 21.7. The number of unbranched alkanes of at least 4 members (excludes halogenated alkanes) is 1. The summed E-state index contributed by atoms with van der Waals surface area (Å²) in [7, 11) is -3.23. The first-order valence-corrected chi connectivity index (χ1v) is 13.1. The molecule has 1 fully saturated rings. The summed E-state index contributed by atoms with van der Waals surface area (Å²) in [5, 5.41) is 7.03. The summed E-state index contributed by atoms with van der Waals surface area (Å²) in [5.41, 5.74) is 3.31. The second-order valence-corrected chi connectivity index (χ2v) is 10.8. The fraction of sp³-hybridized carbons (Fsp3) is 0.333. The number of nitrogens with zero attached hydrogens (tertiary/aromatic N) is 5. The van der Waals surface area contributed by atoms with Crippen LogP contribution in [-0.2, 0) is 10.0 Å². The normalized spacial score (nSPS) is 14.8. The third kappa shape index (κ3) is 4.56. The Morgan fingerprint density at radius 2 is 2.06 bits per heavy atom. The minimum Gasteiger partial charge on any atom is -0.339 e. The average Bonchev–Trinajstić information content (AvgIpc) is 3.46. The molecule has 11 heteroatoms. The summed E-state index contributed by atoms with van der Waals surface area (Å²) < 4.78 is 33.3. The summed E-state index contributed by atoms with van der Waals surface area (Å²) in [6.07, 6.45) is 4.82. The summed E-state index contributed by atoms with van der Waals surface area (Å²) in [5.74, 6) is 0.568. The van der Waals surface area contributed by atoms with Gasteiger partial charge in [0.1, 0.15) is 11.3 Å². The molecule has 182 valence electrons. The molecule has 3 aromatic heterocycles. The Labute approximate surface area is 203 Å². The first-order valence-electron chi connectivity index (χ1n) is 11.5. The van der Waals surface area contributed by atoms with Crippen LogP contribution in [0.25, 0.3) is 17.0 Å². The molecule has 0 atom stereocenters. The Bertz CT molecular complexity index is 1490. The lowest BCUT2D eigenvalue weighted by Gasteiger charge is -2.35. The maximum atomic E-state index is 12.9. The van der Waals surface area contributed by atoms with Crippen molar-refractivity contribution in [1.82, 2.24) is 23.8 Å². The molecule has 4 heterocycles. The Kier molecular flexibility index (Phi) is 6.12.